The summed E-state index contributed by atoms with van der Waals surface area (Å²) in [5, 5.41) is 0. The van der Waals surface area contributed by atoms with Gasteiger partial charge in [-0.3, -0.25) is 0 Å². The summed E-state index contributed by atoms with van der Waals surface area (Å²) >= 11 is 0. The number of nitrogens with two attached hydrogens (primary N) is 1. The van der Waals surface area contributed by atoms with Crippen LogP contribution < -0.4 is 5.73 Å². The summed E-state index contributed by atoms with van der Waals surface area (Å²) in [5.41, 5.74) is 6.13. The summed E-state index contributed by atoms with van der Waals surface area (Å²) in [5.74, 6) is 2.82. The Morgan fingerprint density at radius 1 is 1.07 bits per heavy atom. The van der Waals surface area contributed by atoms with Gasteiger partial charge in [-0.15, -0.1) is 0 Å². The van der Waals surface area contributed by atoms with Gasteiger partial charge in [0, 0.05) is 25.7 Å². The first-order valence-electron chi connectivity index (χ1n) is 6.31. The summed E-state index contributed by atoms with van der Waals surface area (Å²) in [6.45, 7) is 4.04. The van der Waals surface area contributed by atoms with E-state index < -0.39 is 0 Å². The lowest BCUT2D eigenvalue weighted by Gasteiger charge is -2.30. The molecular formula is C12H22N2. The Kier molecular flexibility index (Phi) is 2.29. The van der Waals surface area contributed by atoms with E-state index in [1.54, 1.807) is 0 Å². The minimum Gasteiger partial charge on any atom is -0.327 e. The lowest BCUT2D eigenvalue weighted by atomic mass is 9.85. The van der Waals surface area contributed by atoms with Gasteiger partial charge in [0.25, 0.3) is 0 Å². The third kappa shape index (κ3) is 1.49. The van der Waals surface area contributed by atoms with Crippen LogP contribution in [0.25, 0.3) is 0 Å². The lowest BCUT2D eigenvalue weighted by molar-refractivity contribution is 0.194. The van der Waals surface area contributed by atoms with Crippen LogP contribution in [-0.2, 0) is 0 Å². The van der Waals surface area contributed by atoms with Crippen LogP contribution in [0.4, 0.5) is 0 Å². The van der Waals surface area contributed by atoms with Gasteiger partial charge in [-0.2, -0.15) is 0 Å². The zero-order valence-electron chi connectivity index (χ0n) is 8.99. The maximum atomic E-state index is 6.13. The zero-order chi connectivity index (χ0) is 9.54. The molecule has 1 saturated heterocycles. The second kappa shape index (κ2) is 3.49. The zero-order valence-corrected chi connectivity index (χ0v) is 8.99. The van der Waals surface area contributed by atoms with Gasteiger partial charge >= 0.3 is 0 Å². The van der Waals surface area contributed by atoms with E-state index in [9.17, 15) is 0 Å². The molecule has 0 spiro atoms. The summed E-state index contributed by atoms with van der Waals surface area (Å²) in [6.07, 6.45) is 7.13. The molecule has 0 aromatic rings. The molecule has 0 aromatic carbocycles. The molecule has 2 N–H and O–H groups in total. The van der Waals surface area contributed by atoms with Crippen LogP contribution >= 0.6 is 0 Å². The second-order valence-electron chi connectivity index (χ2n) is 5.68. The van der Waals surface area contributed by atoms with Crippen LogP contribution in [0.5, 0.6) is 0 Å². The predicted molar refractivity (Wildman–Crippen MR) is 58.0 cm³/mol. The second-order valence-corrected chi connectivity index (χ2v) is 5.68. The van der Waals surface area contributed by atoms with Crippen molar-refractivity contribution in [2.75, 3.05) is 19.6 Å². The highest BCUT2D eigenvalue weighted by molar-refractivity contribution is 4.96. The van der Waals surface area contributed by atoms with Crippen molar-refractivity contribution in [3.8, 4) is 0 Å². The minimum absolute atomic E-state index is 0.520. The topological polar surface area (TPSA) is 29.3 Å². The van der Waals surface area contributed by atoms with E-state index in [2.05, 4.69) is 4.90 Å². The predicted octanol–water partition coefficient (Wildman–Crippen LogP) is 1.46. The van der Waals surface area contributed by atoms with E-state index in [4.69, 9.17) is 5.73 Å². The van der Waals surface area contributed by atoms with Crippen molar-refractivity contribution < 1.29 is 0 Å². The van der Waals surface area contributed by atoms with Crippen LogP contribution in [0.15, 0.2) is 0 Å². The Balaban J connectivity index is 1.54. The number of hydrogen-bond acceptors (Lipinski definition) is 2. The molecule has 2 nitrogen and oxygen atoms in total. The smallest absolute Gasteiger partial charge is 0.00826 e. The van der Waals surface area contributed by atoms with Gasteiger partial charge in [-0.05, 0) is 43.4 Å². The highest BCUT2D eigenvalue weighted by Crippen LogP contribution is 2.38. The van der Waals surface area contributed by atoms with E-state index >= 15 is 0 Å². The number of nitrogens with zero attached hydrogens (tertiary/aromatic N) is 1. The first-order valence-corrected chi connectivity index (χ1v) is 6.31. The highest BCUT2D eigenvalue weighted by atomic mass is 15.2. The number of rotatable bonds is 2. The molecule has 2 aliphatic carbocycles. The minimum atomic E-state index is 0.520. The Morgan fingerprint density at radius 2 is 1.93 bits per heavy atom. The Hall–Kier alpha value is -0.0800. The van der Waals surface area contributed by atoms with E-state index in [1.807, 2.05) is 0 Å². The first-order chi connectivity index (χ1) is 6.83. The van der Waals surface area contributed by atoms with Crippen molar-refractivity contribution in [3.05, 3.63) is 0 Å². The third-order valence-corrected chi connectivity index (χ3v) is 4.73. The van der Waals surface area contributed by atoms with E-state index in [1.165, 1.54) is 51.7 Å². The Labute approximate surface area is 86.8 Å². The van der Waals surface area contributed by atoms with Crippen molar-refractivity contribution >= 4 is 0 Å². The standard InChI is InChI=1S/C12H22N2/c13-12-5-4-10-7-14(8-11(10)12)6-9-2-1-3-9/h9-12H,1-8,13H2/t10-,11+,12?/m0/s1. The fraction of sp³-hybridized carbons (Fsp3) is 1.00. The molecule has 1 unspecified atom stereocenters. The third-order valence-electron chi connectivity index (χ3n) is 4.73. The van der Waals surface area contributed by atoms with E-state index in [0.717, 1.165) is 17.8 Å². The van der Waals surface area contributed by atoms with Gasteiger partial charge < -0.3 is 10.6 Å². The van der Waals surface area contributed by atoms with Crippen molar-refractivity contribution in [3.63, 3.8) is 0 Å². The van der Waals surface area contributed by atoms with Gasteiger partial charge in [-0.1, -0.05) is 6.42 Å². The molecule has 0 bridgehead atoms. The maximum Gasteiger partial charge on any atom is 0.00826 e. The average Bonchev–Trinajstić information content (AvgIpc) is 2.62. The average molecular weight is 194 g/mol. The van der Waals surface area contributed by atoms with Crippen molar-refractivity contribution in [2.24, 2.45) is 23.5 Å². The fourth-order valence-corrected chi connectivity index (χ4v) is 3.59. The molecule has 2 heteroatoms. The summed E-state index contributed by atoms with van der Waals surface area (Å²) < 4.78 is 0. The van der Waals surface area contributed by atoms with E-state index in [-0.39, 0.29) is 0 Å². The lowest BCUT2D eigenvalue weighted by Crippen LogP contribution is -2.34. The SMILES string of the molecule is NC1CC[C@H]2CN(CC3CCC3)C[C@@H]12. The number of fused-ring (bicyclic) bond motifs is 1. The van der Waals surface area contributed by atoms with Crippen LogP contribution in [0.1, 0.15) is 32.1 Å². The highest BCUT2D eigenvalue weighted by Gasteiger charge is 2.41. The summed E-state index contributed by atoms with van der Waals surface area (Å²) in [6, 6.07) is 0.520. The van der Waals surface area contributed by atoms with Gasteiger partial charge in [0.15, 0.2) is 0 Å². The van der Waals surface area contributed by atoms with Gasteiger partial charge in [-0.25, -0.2) is 0 Å². The normalized spacial score (nSPS) is 43.9. The quantitative estimate of drug-likeness (QED) is 0.721. The molecule has 14 heavy (non-hydrogen) atoms. The van der Waals surface area contributed by atoms with Crippen LogP contribution in [0.2, 0.25) is 0 Å². The Morgan fingerprint density at radius 3 is 2.57 bits per heavy atom. The molecule has 0 radical (unpaired) electrons. The maximum absolute atomic E-state index is 6.13. The fourth-order valence-electron chi connectivity index (χ4n) is 3.59. The summed E-state index contributed by atoms with van der Waals surface area (Å²) in [7, 11) is 0. The van der Waals surface area contributed by atoms with Crippen molar-refractivity contribution in [1.82, 2.24) is 4.90 Å². The van der Waals surface area contributed by atoms with Crippen LogP contribution in [0.3, 0.4) is 0 Å². The van der Waals surface area contributed by atoms with Crippen molar-refractivity contribution in [1.29, 1.82) is 0 Å². The molecule has 1 aliphatic heterocycles. The number of likely N-dealkylation sites (tertiary alicyclic amines) is 1. The van der Waals surface area contributed by atoms with Crippen molar-refractivity contribution in [2.45, 2.75) is 38.1 Å². The molecule has 1 heterocycles. The Bertz CT molecular complexity index is 212. The monoisotopic (exact) mass is 194 g/mol. The molecule has 3 atom stereocenters. The number of hydrogen-bond donors (Lipinski definition) is 1. The van der Waals surface area contributed by atoms with Crippen LogP contribution in [0, 0.1) is 17.8 Å². The molecule has 80 valence electrons. The molecule has 0 amide bonds. The molecule has 2 saturated carbocycles. The molecule has 3 fully saturated rings. The first kappa shape index (κ1) is 9.17. The van der Waals surface area contributed by atoms with E-state index in [0.29, 0.717) is 6.04 Å². The molecular weight excluding hydrogens is 172 g/mol. The molecule has 3 aliphatic rings. The largest absolute Gasteiger partial charge is 0.327 e. The van der Waals surface area contributed by atoms with Gasteiger partial charge in [0.05, 0.1) is 0 Å². The molecule has 3 rings (SSSR count). The van der Waals surface area contributed by atoms with Crippen LogP contribution in [-0.4, -0.2) is 30.6 Å². The summed E-state index contributed by atoms with van der Waals surface area (Å²) in [4.78, 5) is 2.69. The van der Waals surface area contributed by atoms with Gasteiger partial charge in [0.2, 0.25) is 0 Å². The molecule has 0 aromatic heterocycles. The van der Waals surface area contributed by atoms with Gasteiger partial charge in [0.1, 0.15) is 0 Å².